The van der Waals surface area contributed by atoms with Crippen LogP contribution < -0.4 is 0 Å². The molecule has 96 valence electrons. The first-order valence-corrected chi connectivity index (χ1v) is 5.65. The van der Waals surface area contributed by atoms with Crippen LogP contribution in [0.2, 0.25) is 0 Å². The van der Waals surface area contributed by atoms with E-state index in [2.05, 4.69) is 0 Å². The lowest BCUT2D eigenvalue weighted by atomic mass is 9.90. The van der Waals surface area contributed by atoms with Gasteiger partial charge in [-0.2, -0.15) is 0 Å². The fourth-order valence-electron chi connectivity index (χ4n) is 1.86. The minimum absolute atomic E-state index is 0.101. The zero-order valence-corrected chi connectivity index (χ0v) is 10.3. The number of ketones is 2. The minimum Gasteiger partial charge on any atom is -0.291 e. The number of Topliss-reactive ketones (excluding diaryl/α,β-unsaturated/α-hetero) is 2. The van der Waals surface area contributed by atoms with Crippen molar-refractivity contribution in [2.45, 2.75) is 26.3 Å². The summed E-state index contributed by atoms with van der Waals surface area (Å²) in [6.45, 7) is 2.79. The van der Waals surface area contributed by atoms with Crippen LogP contribution in [0.15, 0.2) is 30.3 Å². The van der Waals surface area contributed by atoms with Crippen LogP contribution in [0, 0.1) is 16.0 Å². The van der Waals surface area contributed by atoms with E-state index in [-0.39, 0.29) is 6.42 Å². The Labute approximate surface area is 105 Å². The quantitative estimate of drug-likeness (QED) is 0.440. The predicted molar refractivity (Wildman–Crippen MR) is 65.6 cm³/mol. The number of benzene rings is 1. The highest BCUT2D eigenvalue weighted by atomic mass is 16.6. The monoisotopic (exact) mass is 249 g/mol. The zero-order valence-electron chi connectivity index (χ0n) is 10.3. The molecule has 5 nitrogen and oxygen atoms in total. The fourth-order valence-corrected chi connectivity index (χ4v) is 1.86. The molecule has 5 heteroatoms. The van der Waals surface area contributed by atoms with Gasteiger partial charge in [0.25, 0.3) is 0 Å². The number of hydrogen-bond acceptors (Lipinski definition) is 4. The lowest BCUT2D eigenvalue weighted by molar-refractivity contribution is -0.538. The second-order valence-electron chi connectivity index (χ2n) is 4.30. The summed E-state index contributed by atoms with van der Waals surface area (Å²) in [4.78, 5) is 32.9. The molecular weight excluding hydrogens is 234 g/mol. The lowest BCUT2D eigenvalue weighted by Gasteiger charge is -2.16. The average molecular weight is 249 g/mol. The normalized spacial score (nSPS) is 13.7. The molecule has 0 radical (unpaired) electrons. The molecule has 0 spiro atoms. The molecule has 1 aromatic carbocycles. The predicted octanol–water partition coefficient (Wildman–Crippen LogP) is 2.19. The maximum Gasteiger partial charge on any atom is 0.241 e. The van der Waals surface area contributed by atoms with Gasteiger partial charge in [0.2, 0.25) is 6.04 Å². The molecule has 1 rings (SSSR count). The van der Waals surface area contributed by atoms with Gasteiger partial charge in [-0.3, -0.25) is 19.7 Å². The van der Waals surface area contributed by atoms with Crippen LogP contribution in [-0.4, -0.2) is 16.5 Å². The van der Waals surface area contributed by atoms with Gasteiger partial charge in [-0.25, -0.2) is 0 Å². The summed E-state index contributed by atoms with van der Waals surface area (Å²) < 4.78 is 0. The molecule has 2 atom stereocenters. The summed E-state index contributed by atoms with van der Waals surface area (Å²) in [5, 5.41) is 11.1. The third-order valence-electron chi connectivity index (χ3n) is 2.81. The van der Waals surface area contributed by atoms with Gasteiger partial charge < -0.3 is 0 Å². The number of carbonyl (C=O) groups is 2. The van der Waals surface area contributed by atoms with Gasteiger partial charge in [0.15, 0.2) is 11.6 Å². The van der Waals surface area contributed by atoms with Crippen molar-refractivity contribution in [3.63, 3.8) is 0 Å². The van der Waals surface area contributed by atoms with E-state index >= 15 is 0 Å². The van der Waals surface area contributed by atoms with E-state index in [1.807, 2.05) is 0 Å². The molecule has 0 aliphatic carbocycles. The molecule has 0 aromatic heterocycles. The molecule has 1 aromatic rings. The molecule has 0 bridgehead atoms. The zero-order chi connectivity index (χ0) is 13.7. The van der Waals surface area contributed by atoms with Crippen molar-refractivity contribution >= 4 is 11.6 Å². The SMILES string of the molecule is CC(=O)C(=O)C[C@H](C)[C@H](c1ccccc1)[N+](=O)[O-]. The Morgan fingerprint density at radius 1 is 1.28 bits per heavy atom. The number of hydrogen-bond donors (Lipinski definition) is 0. The first-order chi connectivity index (χ1) is 8.43. The van der Waals surface area contributed by atoms with Gasteiger partial charge in [-0.05, 0) is 0 Å². The van der Waals surface area contributed by atoms with Crippen LogP contribution in [0.25, 0.3) is 0 Å². The Bertz CT molecular complexity index is 455. The van der Waals surface area contributed by atoms with Crippen molar-refractivity contribution in [2.75, 3.05) is 0 Å². The highest BCUT2D eigenvalue weighted by Crippen LogP contribution is 2.27. The molecule has 0 saturated carbocycles. The maximum absolute atomic E-state index is 11.3. The van der Waals surface area contributed by atoms with Gasteiger partial charge in [0.1, 0.15) is 0 Å². The van der Waals surface area contributed by atoms with Crippen LogP contribution in [0.5, 0.6) is 0 Å². The van der Waals surface area contributed by atoms with E-state index in [9.17, 15) is 19.7 Å². The number of nitrogens with zero attached hydrogens (tertiary/aromatic N) is 1. The molecule has 0 aliphatic heterocycles. The molecule has 0 N–H and O–H groups in total. The molecule has 0 unspecified atom stereocenters. The lowest BCUT2D eigenvalue weighted by Crippen LogP contribution is -2.23. The summed E-state index contributed by atoms with van der Waals surface area (Å²) in [6.07, 6.45) is -0.101. The van der Waals surface area contributed by atoms with E-state index in [0.717, 1.165) is 0 Å². The first-order valence-electron chi connectivity index (χ1n) is 5.65. The van der Waals surface area contributed by atoms with Crippen LogP contribution in [0.3, 0.4) is 0 Å². The van der Waals surface area contributed by atoms with Crippen molar-refractivity contribution in [1.29, 1.82) is 0 Å². The second kappa shape index (κ2) is 6.05. The topological polar surface area (TPSA) is 77.3 Å². The molecular formula is C13H15NO4. The van der Waals surface area contributed by atoms with E-state index in [1.54, 1.807) is 37.3 Å². The van der Waals surface area contributed by atoms with Crippen LogP contribution >= 0.6 is 0 Å². The molecule has 0 fully saturated rings. The first kappa shape index (κ1) is 14.0. The van der Waals surface area contributed by atoms with Crippen LogP contribution in [0.4, 0.5) is 0 Å². The molecule has 0 saturated heterocycles. The molecule has 0 amide bonds. The number of nitro groups is 1. The number of carbonyl (C=O) groups excluding carboxylic acids is 2. The highest BCUT2D eigenvalue weighted by Gasteiger charge is 2.31. The Kier molecular flexibility index (Phi) is 4.71. The van der Waals surface area contributed by atoms with Gasteiger partial charge in [0.05, 0.1) is 0 Å². The Morgan fingerprint density at radius 3 is 2.28 bits per heavy atom. The molecule has 0 heterocycles. The third kappa shape index (κ3) is 3.48. The molecule has 0 aliphatic rings. The Hall–Kier alpha value is -2.04. The minimum atomic E-state index is -0.963. The van der Waals surface area contributed by atoms with Crippen molar-refractivity contribution in [2.24, 2.45) is 5.92 Å². The summed E-state index contributed by atoms with van der Waals surface area (Å²) in [7, 11) is 0. The van der Waals surface area contributed by atoms with Gasteiger partial charge in [-0.1, -0.05) is 37.3 Å². The fraction of sp³-hybridized carbons (Fsp3) is 0.385. The van der Waals surface area contributed by atoms with Crippen LogP contribution in [0.1, 0.15) is 31.9 Å². The van der Waals surface area contributed by atoms with Crippen molar-refractivity contribution in [1.82, 2.24) is 0 Å². The third-order valence-corrected chi connectivity index (χ3v) is 2.81. The van der Waals surface area contributed by atoms with Gasteiger partial charge >= 0.3 is 0 Å². The van der Waals surface area contributed by atoms with Gasteiger partial charge in [-0.15, -0.1) is 0 Å². The van der Waals surface area contributed by atoms with Crippen LogP contribution in [-0.2, 0) is 9.59 Å². The second-order valence-corrected chi connectivity index (χ2v) is 4.30. The maximum atomic E-state index is 11.3. The highest BCUT2D eigenvalue weighted by molar-refractivity contribution is 6.36. The van der Waals surface area contributed by atoms with E-state index in [1.165, 1.54) is 6.92 Å². The summed E-state index contributed by atoms with van der Waals surface area (Å²) >= 11 is 0. The van der Waals surface area contributed by atoms with Gasteiger partial charge in [0, 0.05) is 29.7 Å². The van der Waals surface area contributed by atoms with E-state index in [4.69, 9.17) is 0 Å². The van der Waals surface area contributed by atoms with Crippen molar-refractivity contribution in [3.8, 4) is 0 Å². The number of rotatable bonds is 6. The van der Waals surface area contributed by atoms with E-state index in [0.29, 0.717) is 5.56 Å². The Balaban J connectivity index is 2.90. The summed E-state index contributed by atoms with van der Waals surface area (Å²) in [5.74, 6) is -1.64. The Morgan fingerprint density at radius 2 is 1.83 bits per heavy atom. The average Bonchev–Trinajstić information content (AvgIpc) is 2.29. The molecule has 18 heavy (non-hydrogen) atoms. The largest absolute Gasteiger partial charge is 0.291 e. The van der Waals surface area contributed by atoms with E-state index < -0.39 is 28.4 Å². The smallest absolute Gasteiger partial charge is 0.241 e. The standard InChI is InChI=1S/C13H15NO4/c1-9(8-12(16)10(2)15)13(14(17)18)11-6-4-3-5-7-11/h3-7,9,13H,8H2,1-2H3/t9-,13+/m0/s1. The van der Waals surface area contributed by atoms with Crippen molar-refractivity contribution in [3.05, 3.63) is 46.0 Å². The summed E-state index contributed by atoms with van der Waals surface area (Å²) in [5.41, 5.74) is 0.548. The van der Waals surface area contributed by atoms with Crippen molar-refractivity contribution < 1.29 is 14.5 Å². The summed E-state index contributed by atoms with van der Waals surface area (Å²) in [6, 6.07) is 7.54.